The minimum atomic E-state index is -0.841. The van der Waals surface area contributed by atoms with Crippen LogP contribution in [0.2, 0.25) is 0 Å². The molecule has 0 spiro atoms. The normalized spacial score (nSPS) is 15.5. The number of fused-ring (bicyclic) bond motifs is 2. The van der Waals surface area contributed by atoms with Crippen molar-refractivity contribution >= 4 is 22.6 Å². The van der Waals surface area contributed by atoms with E-state index in [9.17, 15) is 4.79 Å². The quantitative estimate of drug-likeness (QED) is 0.443. The van der Waals surface area contributed by atoms with E-state index in [1.165, 1.54) is 0 Å². The predicted octanol–water partition coefficient (Wildman–Crippen LogP) is 5.90. The van der Waals surface area contributed by atoms with Gasteiger partial charge in [0.25, 0.3) is 0 Å². The van der Waals surface area contributed by atoms with Crippen molar-refractivity contribution in [2.24, 2.45) is 0 Å². The van der Waals surface area contributed by atoms with Gasteiger partial charge in [-0.05, 0) is 58.8 Å². The standard InChI is InChI=1S/C26H18O3/c27-25-23-16-19-10-8-7-9-18(19)15-20(23)17-24(28-21-11-3-1-4-12-21)26(25)29-22-13-5-2-6-14-22/h1-17,26H. The van der Waals surface area contributed by atoms with Crippen LogP contribution in [0, 0.1) is 0 Å². The molecule has 140 valence electrons. The number of hydrogen-bond donors (Lipinski definition) is 0. The third-order valence-electron chi connectivity index (χ3n) is 4.95. The molecule has 0 aromatic heterocycles. The topological polar surface area (TPSA) is 35.5 Å². The largest absolute Gasteiger partial charge is 0.474 e. The number of Topliss-reactive ketones (excluding diaryl/α,β-unsaturated/α-hetero) is 1. The van der Waals surface area contributed by atoms with Gasteiger partial charge in [-0.3, -0.25) is 4.79 Å². The molecule has 1 aliphatic rings. The molecular formula is C26H18O3. The van der Waals surface area contributed by atoms with Gasteiger partial charge in [0.1, 0.15) is 11.5 Å². The Balaban J connectivity index is 1.61. The number of ether oxygens (including phenoxy) is 2. The lowest BCUT2D eigenvalue weighted by atomic mass is 9.90. The van der Waals surface area contributed by atoms with Gasteiger partial charge >= 0.3 is 0 Å². The maximum atomic E-state index is 13.4. The molecule has 0 N–H and O–H groups in total. The molecule has 3 heteroatoms. The van der Waals surface area contributed by atoms with E-state index in [2.05, 4.69) is 0 Å². The van der Waals surface area contributed by atoms with Gasteiger partial charge in [-0.1, -0.05) is 60.7 Å². The van der Waals surface area contributed by atoms with Crippen molar-refractivity contribution in [3.05, 3.63) is 114 Å². The summed E-state index contributed by atoms with van der Waals surface area (Å²) in [5, 5.41) is 2.11. The van der Waals surface area contributed by atoms with E-state index in [-0.39, 0.29) is 5.78 Å². The molecule has 0 radical (unpaired) electrons. The Morgan fingerprint density at radius 2 is 1.24 bits per heavy atom. The summed E-state index contributed by atoms with van der Waals surface area (Å²) in [5.41, 5.74) is 1.48. The molecule has 0 saturated carbocycles. The van der Waals surface area contributed by atoms with E-state index in [4.69, 9.17) is 9.47 Å². The van der Waals surface area contributed by atoms with Crippen molar-refractivity contribution in [2.45, 2.75) is 6.10 Å². The molecular weight excluding hydrogens is 360 g/mol. The Kier molecular flexibility index (Phi) is 4.34. The first-order valence-electron chi connectivity index (χ1n) is 9.51. The van der Waals surface area contributed by atoms with Crippen LogP contribution >= 0.6 is 0 Å². The van der Waals surface area contributed by atoms with Crippen LogP contribution in [-0.4, -0.2) is 11.9 Å². The van der Waals surface area contributed by atoms with E-state index in [0.717, 1.165) is 16.3 Å². The smallest absolute Gasteiger partial charge is 0.218 e. The number of carbonyl (C=O) groups is 1. The monoisotopic (exact) mass is 378 g/mol. The molecule has 0 heterocycles. The Morgan fingerprint density at radius 1 is 0.655 bits per heavy atom. The first-order valence-corrected chi connectivity index (χ1v) is 9.51. The average Bonchev–Trinajstić information content (AvgIpc) is 2.77. The van der Waals surface area contributed by atoms with Crippen molar-refractivity contribution < 1.29 is 14.3 Å². The third kappa shape index (κ3) is 3.39. The van der Waals surface area contributed by atoms with E-state index < -0.39 is 6.10 Å². The average molecular weight is 378 g/mol. The Morgan fingerprint density at radius 3 is 1.93 bits per heavy atom. The van der Waals surface area contributed by atoms with Crippen molar-refractivity contribution in [2.75, 3.05) is 0 Å². The summed E-state index contributed by atoms with van der Waals surface area (Å²) >= 11 is 0. The lowest BCUT2D eigenvalue weighted by Gasteiger charge is -2.26. The summed E-state index contributed by atoms with van der Waals surface area (Å²) in [5.74, 6) is 1.66. The number of hydrogen-bond acceptors (Lipinski definition) is 3. The van der Waals surface area contributed by atoms with Crippen molar-refractivity contribution in [1.82, 2.24) is 0 Å². The Bertz CT molecular complexity index is 1210. The van der Waals surface area contributed by atoms with Crippen LogP contribution in [0.1, 0.15) is 15.9 Å². The molecule has 0 saturated heterocycles. The fourth-order valence-electron chi connectivity index (χ4n) is 3.54. The third-order valence-corrected chi connectivity index (χ3v) is 4.95. The molecule has 0 fully saturated rings. The van der Waals surface area contributed by atoms with Gasteiger partial charge in [0, 0.05) is 5.56 Å². The van der Waals surface area contributed by atoms with Gasteiger partial charge in [0.2, 0.25) is 11.9 Å². The molecule has 4 aromatic carbocycles. The van der Waals surface area contributed by atoms with Crippen molar-refractivity contribution in [1.29, 1.82) is 0 Å². The first-order chi connectivity index (χ1) is 14.3. The van der Waals surface area contributed by atoms with E-state index in [0.29, 0.717) is 22.8 Å². The highest BCUT2D eigenvalue weighted by atomic mass is 16.5. The first kappa shape index (κ1) is 17.3. The second-order valence-electron chi connectivity index (χ2n) is 6.92. The fraction of sp³-hybridized carbons (Fsp3) is 0.0385. The maximum absolute atomic E-state index is 13.4. The second kappa shape index (κ2) is 7.28. The van der Waals surface area contributed by atoms with Gasteiger partial charge in [-0.2, -0.15) is 0 Å². The zero-order valence-electron chi connectivity index (χ0n) is 15.6. The van der Waals surface area contributed by atoms with Crippen LogP contribution in [0.15, 0.2) is 103 Å². The molecule has 3 nitrogen and oxygen atoms in total. The number of benzene rings is 4. The minimum Gasteiger partial charge on any atom is -0.474 e. The molecule has 1 unspecified atom stereocenters. The Hall–Kier alpha value is -3.85. The molecule has 1 aliphatic carbocycles. The molecule has 5 rings (SSSR count). The van der Waals surface area contributed by atoms with E-state index in [1.807, 2.05) is 103 Å². The summed E-state index contributed by atoms with van der Waals surface area (Å²) in [7, 11) is 0. The molecule has 0 bridgehead atoms. The van der Waals surface area contributed by atoms with Crippen LogP contribution in [0.25, 0.3) is 16.8 Å². The molecule has 29 heavy (non-hydrogen) atoms. The molecule has 0 aliphatic heterocycles. The molecule has 0 amide bonds. The highest BCUT2D eigenvalue weighted by Gasteiger charge is 2.34. The van der Waals surface area contributed by atoms with Gasteiger partial charge in [-0.25, -0.2) is 0 Å². The fourth-order valence-corrected chi connectivity index (χ4v) is 3.54. The summed E-state index contributed by atoms with van der Waals surface area (Å²) in [6, 6.07) is 30.8. The van der Waals surface area contributed by atoms with E-state index >= 15 is 0 Å². The van der Waals surface area contributed by atoms with Gasteiger partial charge < -0.3 is 9.47 Å². The van der Waals surface area contributed by atoms with Crippen LogP contribution in [0.3, 0.4) is 0 Å². The number of para-hydroxylation sites is 2. The van der Waals surface area contributed by atoms with Crippen LogP contribution in [0.5, 0.6) is 11.5 Å². The number of ketones is 1. The van der Waals surface area contributed by atoms with Crippen LogP contribution < -0.4 is 9.47 Å². The number of carbonyl (C=O) groups excluding carboxylic acids is 1. The second-order valence-corrected chi connectivity index (χ2v) is 6.92. The predicted molar refractivity (Wildman–Crippen MR) is 114 cm³/mol. The zero-order valence-corrected chi connectivity index (χ0v) is 15.6. The zero-order chi connectivity index (χ0) is 19.6. The van der Waals surface area contributed by atoms with Gasteiger partial charge in [-0.15, -0.1) is 0 Å². The Labute approximate surface area is 168 Å². The van der Waals surface area contributed by atoms with Gasteiger partial charge in [0.05, 0.1) is 0 Å². The van der Waals surface area contributed by atoms with Gasteiger partial charge in [0.15, 0.2) is 5.76 Å². The minimum absolute atomic E-state index is 0.108. The highest BCUT2D eigenvalue weighted by molar-refractivity contribution is 6.09. The molecule has 1 atom stereocenters. The lowest BCUT2D eigenvalue weighted by Crippen LogP contribution is -2.34. The van der Waals surface area contributed by atoms with Crippen LogP contribution in [0.4, 0.5) is 0 Å². The van der Waals surface area contributed by atoms with Crippen molar-refractivity contribution in [3.8, 4) is 11.5 Å². The van der Waals surface area contributed by atoms with Crippen LogP contribution in [-0.2, 0) is 0 Å². The van der Waals surface area contributed by atoms with Crippen molar-refractivity contribution in [3.63, 3.8) is 0 Å². The summed E-state index contributed by atoms with van der Waals surface area (Å²) < 4.78 is 12.2. The summed E-state index contributed by atoms with van der Waals surface area (Å²) in [6.07, 6.45) is 1.07. The van der Waals surface area contributed by atoms with E-state index in [1.54, 1.807) is 0 Å². The maximum Gasteiger partial charge on any atom is 0.218 e. The number of rotatable bonds is 4. The summed E-state index contributed by atoms with van der Waals surface area (Å²) in [6.45, 7) is 0. The SMILES string of the molecule is O=C1c2cc3ccccc3cc2C=C(Oc2ccccc2)C1Oc1ccccc1. The summed E-state index contributed by atoms with van der Waals surface area (Å²) in [4.78, 5) is 13.4. The lowest BCUT2D eigenvalue weighted by molar-refractivity contribution is 0.0787. The highest BCUT2D eigenvalue weighted by Crippen LogP contribution is 2.32. The molecule has 4 aromatic rings.